The lowest BCUT2D eigenvalue weighted by atomic mass is 10.2. The molecule has 34 heavy (non-hydrogen) atoms. The van der Waals surface area contributed by atoms with Gasteiger partial charge in [-0.1, -0.05) is 11.6 Å². The second kappa shape index (κ2) is 11.3. The van der Waals surface area contributed by atoms with Gasteiger partial charge < -0.3 is 15.1 Å². The molecule has 2 heterocycles. The maximum Gasteiger partial charge on any atom is 0.238 e. The van der Waals surface area contributed by atoms with Crippen molar-refractivity contribution in [1.29, 1.82) is 0 Å². The van der Waals surface area contributed by atoms with Gasteiger partial charge in [0, 0.05) is 42.5 Å². The van der Waals surface area contributed by atoms with Crippen molar-refractivity contribution in [3.8, 4) is 11.3 Å². The molecule has 1 fully saturated rings. The number of nitrogens with zero attached hydrogens (tertiary/aromatic N) is 2. The van der Waals surface area contributed by atoms with Crippen LogP contribution in [0.1, 0.15) is 5.76 Å². The smallest absolute Gasteiger partial charge is 0.238 e. The van der Waals surface area contributed by atoms with E-state index >= 15 is 0 Å². The summed E-state index contributed by atoms with van der Waals surface area (Å²) >= 11 is 5.92. The van der Waals surface area contributed by atoms with E-state index < -0.39 is 0 Å². The van der Waals surface area contributed by atoms with Gasteiger partial charge in [0.2, 0.25) is 11.8 Å². The highest BCUT2D eigenvalue weighted by Gasteiger charge is 2.20. The van der Waals surface area contributed by atoms with Gasteiger partial charge in [-0.2, -0.15) is 0 Å². The zero-order valence-electron chi connectivity index (χ0n) is 18.6. The van der Waals surface area contributed by atoms with Gasteiger partial charge in [0.1, 0.15) is 17.3 Å². The van der Waals surface area contributed by atoms with Crippen molar-refractivity contribution in [3.05, 3.63) is 77.3 Å². The number of halogens is 2. The summed E-state index contributed by atoms with van der Waals surface area (Å²) in [6, 6.07) is 16.8. The van der Waals surface area contributed by atoms with Gasteiger partial charge in [-0.3, -0.25) is 19.4 Å². The second-order valence-corrected chi connectivity index (χ2v) is 8.59. The average Bonchev–Trinajstić information content (AvgIpc) is 3.30. The van der Waals surface area contributed by atoms with Crippen LogP contribution in [0.2, 0.25) is 5.02 Å². The van der Waals surface area contributed by atoms with Crippen LogP contribution in [-0.2, 0) is 16.1 Å². The Balaban J connectivity index is 1.15. The van der Waals surface area contributed by atoms with Crippen molar-refractivity contribution < 1.29 is 18.4 Å². The number of amides is 2. The lowest BCUT2D eigenvalue weighted by Crippen LogP contribution is -2.50. The third-order valence-electron chi connectivity index (χ3n) is 5.58. The highest BCUT2D eigenvalue weighted by molar-refractivity contribution is 6.30. The Morgan fingerprint density at radius 3 is 2.12 bits per heavy atom. The van der Waals surface area contributed by atoms with E-state index in [-0.39, 0.29) is 24.2 Å². The van der Waals surface area contributed by atoms with Gasteiger partial charge in [-0.25, -0.2) is 4.39 Å². The number of piperazine rings is 1. The summed E-state index contributed by atoms with van der Waals surface area (Å²) in [5.41, 5.74) is 1.49. The number of hydrogen-bond acceptors (Lipinski definition) is 5. The summed E-state index contributed by atoms with van der Waals surface area (Å²) in [6.45, 7) is 3.62. The van der Waals surface area contributed by atoms with Crippen molar-refractivity contribution in [2.45, 2.75) is 6.54 Å². The number of benzene rings is 2. The first kappa shape index (κ1) is 23.9. The van der Waals surface area contributed by atoms with Crippen molar-refractivity contribution in [3.63, 3.8) is 0 Å². The monoisotopic (exact) mass is 484 g/mol. The van der Waals surface area contributed by atoms with Gasteiger partial charge >= 0.3 is 0 Å². The molecule has 0 atom stereocenters. The maximum atomic E-state index is 13.0. The third kappa shape index (κ3) is 6.90. The molecule has 178 valence electrons. The minimum Gasteiger partial charge on any atom is -0.459 e. The van der Waals surface area contributed by atoms with Crippen LogP contribution in [-0.4, -0.2) is 60.9 Å². The Hall–Kier alpha value is -3.20. The first-order valence-electron chi connectivity index (χ1n) is 11.1. The summed E-state index contributed by atoms with van der Waals surface area (Å²) in [4.78, 5) is 28.7. The molecule has 1 aromatic heterocycles. The zero-order valence-corrected chi connectivity index (χ0v) is 19.4. The molecule has 4 rings (SSSR count). The predicted octanol–water partition coefficient (Wildman–Crippen LogP) is 3.61. The number of carbonyl (C=O) groups excluding carboxylic acids is 2. The van der Waals surface area contributed by atoms with Crippen LogP contribution in [0.4, 0.5) is 10.1 Å². The maximum absolute atomic E-state index is 13.0. The van der Waals surface area contributed by atoms with E-state index in [2.05, 4.69) is 15.5 Å². The summed E-state index contributed by atoms with van der Waals surface area (Å²) in [5.74, 6) is 0.835. The second-order valence-electron chi connectivity index (χ2n) is 8.16. The molecule has 3 aromatic rings. The molecule has 0 aliphatic carbocycles. The van der Waals surface area contributed by atoms with E-state index in [1.807, 2.05) is 29.2 Å². The number of hydrogen-bond donors (Lipinski definition) is 2. The zero-order chi connectivity index (χ0) is 23.9. The van der Waals surface area contributed by atoms with Crippen LogP contribution in [0.5, 0.6) is 0 Å². The Labute approximate surface area is 202 Å². The minimum absolute atomic E-state index is 0.0769. The van der Waals surface area contributed by atoms with Crippen molar-refractivity contribution in [1.82, 2.24) is 15.1 Å². The van der Waals surface area contributed by atoms with Crippen molar-refractivity contribution >= 4 is 29.1 Å². The molecule has 1 aliphatic heterocycles. The quantitative estimate of drug-likeness (QED) is 0.510. The first-order valence-corrected chi connectivity index (χ1v) is 11.4. The van der Waals surface area contributed by atoms with Gasteiger partial charge in [-0.05, 0) is 60.7 Å². The minimum atomic E-state index is -0.343. The summed E-state index contributed by atoms with van der Waals surface area (Å²) in [7, 11) is 0. The number of rotatable bonds is 8. The standard InChI is InChI=1S/C25H26ClFN4O3/c26-19-3-1-18(2-4-19)23-10-9-22(34-23)15-28-24(32)16-30-11-13-31(14-12-30)17-25(33)29-21-7-5-20(27)6-8-21/h1-10H,11-17H2,(H,28,32)(H,29,33). The van der Waals surface area contributed by atoms with E-state index in [0.717, 1.165) is 11.3 Å². The van der Waals surface area contributed by atoms with Crippen LogP contribution in [0.3, 0.4) is 0 Å². The molecule has 7 nitrogen and oxygen atoms in total. The first-order chi connectivity index (χ1) is 16.4. The molecule has 0 saturated carbocycles. The Morgan fingerprint density at radius 2 is 1.47 bits per heavy atom. The molecule has 2 amide bonds. The van der Waals surface area contributed by atoms with E-state index in [9.17, 15) is 14.0 Å². The SMILES string of the molecule is O=C(CN1CCN(CC(=O)Nc2ccc(F)cc2)CC1)NCc1ccc(-c2ccc(Cl)cc2)o1. The van der Waals surface area contributed by atoms with Crippen LogP contribution in [0.15, 0.2) is 65.1 Å². The Morgan fingerprint density at radius 1 is 0.853 bits per heavy atom. The molecule has 0 spiro atoms. The predicted molar refractivity (Wildman–Crippen MR) is 129 cm³/mol. The fourth-order valence-electron chi connectivity index (χ4n) is 3.73. The molecule has 1 aliphatic rings. The highest BCUT2D eigenvalue weighted by Crippen LogP contribution is 2.23. The topological polar surface area (TPSA) is 77.8 Å². The molecule has 0 radical (unpaired) electrons. The van der Waals surface area contributed by atoms with Crippen molar-refractivity contribution in [2.75, 3.05) is 44.6 Å². The molecule has 2 N–H and O–H groups in total. The third-order valence-corrected chi connectivity index (χ3v) is 5.83. The van der Waals surface area contributed by atoms with E-state index in [1.54, 1.807) is 12.1 Å². The normalized spacial score (nSPS) is 14.6. The van der Waals surface area contributed by atoms with Gasteiger partial charge in [0.25, 0.3) is 0 Å². The summed E-state index contributed by atoms with van der Waals surface area (Å²) in [6.07, 6.45) is 0. The van der Waals surface area contributed by atoms with E-state index in [1.165, 1.54) is 24.3 Å². The fourth-order valence-corrected chi connectivity index (χ4v) is 3.86. The average molecular weight is 485 g/mol. The largest absolute Gasteiger partial charge is 0.459 e. The Kier molecular flexibility index (Phi) is 7.95. The van der Waals surface area contributed by atoms with Crippen LogP contribution >= 0.6 is 11.6 Å². The van der Waals surface area contributed by atoms with Crippen LogP contribution < -0.4 is 10.6 Å². The lowest BCUT2D eigenvalue weighted by molar-refractivity contribution is -0.123. The molecule has 0 bridgehead atoms. The molecular weight excluding hydrogens is 459 g/mol. The molecule has 1 saturated heterocycles. The van der Waals surface area contributed by atoms with Gasteiger partial charge in [0.15, 0.2) is 0 Å². The number of nitrogens with one attached hydrogen (secondary N) is 2. The van der Waals surface area contributed by atoms with E-state index in [4.69, 9.17) is 16.0 Å². The molecule has 9 heteroatoms. The number of carbonyl (C=O) groups is 2. The van der Waals surface area contributed by atoms with Crippen LogP contribution in [0, 0.1) is 5.82 Å². The van der Waals surface area contributed by atoms with Gasteiger partial charge in [-0.15, -0.1) is 0 Å². The molecule has 2 aromatic carbocycles. The molecule has 0 unspecified atom stereocenters. The highest BCUT2D eigenvalue weighted by atomic mass is 35.5. The number of furan rings is 1. The summed E-state index contributed by atoms with van der Waals surface area (Å²) < 4.78 is 18.8. The van der Waals surface area contributed by atoms with Gasteiger partial charge in [0.05, 0.1) is 19.6 Å². The van der Waals surface area contributed by atoms with E-state index in [0.29, 0.717) is 55.7 Å². The van der Waals surface area contributed by atoms with Crippen LogP contribution in [0.25, 0.3) is 11.3 Å². The van der Waals surface area contributed by atoms with Crippen molar-refractivity contribution in [2.24, 2.45) is 0 Å². The summed E-state index contributed by atoms with van der Waals surface area (Å²) in [5, 5.41) is 6.33. The lowest BCUT2D eigenvalue weighted by Gasteiger charge is -2.33. The number of anilines is 1. The molecular formula is C25H26ClFN4O3. The Bertz CT molecular complexity index is 1110. The fraction of sp³-hybridized carbons (Fsp3) is 0.280.